The normalized spacial score (nSPS) is 11.6. The van der Waals surface area contributed by atoms with E-state index >= 15 is 0 Å². The Hall–Kier alpha value is -3.78. The number of sulfonamides is 1. The summed E-state index contributed by atoms with van der Waals surface area (Å²) in [5, 5.41) is 8.61. The van der Waals surface area contributed by atoms with Crippen LogP contribution >= 0.6 is 0 Å². The predicted molar refractivity (Wildman–Crippen MR) is 116 cm³/mol. The number of aromatic nitrogens is 3. The summed E-state index contributed by atoms with van der Waals surface area (Å²) in [6.45, 7) is 1.90. The second kappa shape index (κ2) is 8.30. The number of hydrogen-bond donors (Lipinski definition) is 1. The molecule has 0 saturated carbocycles. The second-order valence-electron chi connectivity index (χ2n) is 6.62. The molecular formula is C22H19N5O2S. The van der Waals surface area contributed by atoms with Gasteiger partial charge in [0.25, 0.3) is 10.0 Å². The average Bonchev–Trinajstić information content (AvgIpc) is 3.19. The number of nitrogens with zero attached hydrogens (tertiary/aromatic N) is 4. The highest BCUT2D eigenvalue weighted by Crippen LogP contribution is 2.22. The van der Waals surface area contributed by atoms with E-state index in [1.807, 2.05) is 49.4 Å². The monoisotopic (exact) mass is 417 g/mol. The molecule has 2 aromatic heterocycles. The van der Waals surface area contributed by atoms with Crippen LogP contribution in [0.25, 0.3) is 16.9 Å². The summed E-state index contributed by atoms with van der Waals surface area (Å²) in [5.74, 6) is 0. The van der Waals surface area contributed by atoms with Crippen LogP contribution in [-0.4, -0.2) is 29.4 Å². The van der Waals surface area contributed by atoms with Gasteiger partial charge in [0.1, 0.15) is 5.69 Å². The fourth-order valence-electron chi connectivity index (χ4n) is 2.86. The van der Waals surface area contributed by atoms with Gasteiger partial charge in [-0.3, -0.25) is 4.98 Å². The first-order valence-electron chi connectivity index (χ1n) is 9.20. The Labute approximate surface area is 174 Å². The molecule has 0 radical (unpaired) electrons. The van der Waals surface area contributed by atoms with E-state index in [2.05, 4.69) is 20.0 Å². The lowest BCUT2D eigenvalue weighted by Gasteiger charge is -2.03. The van der Waals surface area contributed by atoms with Gasteiger partial charge in [0, 0.05) is 29.7 Å². The SMILES string of the molecule is Cc1ccc(S(=O)(=O)N/N=C\c2cn(-c3ccccc3)nc2-c2cccnc2)cc1. The number of rotatable bonds is 6. The molecule has 150 valence electrons. The zero-order valence-corrected chi connectivity index (χ0v) is 17.0. The lowest BCUT2D eigenvalue weighted by molar-refractivity contribution is 0.584. The summed E-state index contributed by atoms with van der Waals surface area (Å²) in [6, 6.07) is 19.9. The Morgan fingerprint density at radius 1 is 1.00 bits per heavy atom. The van der Waals surface area contributed by atoms with E-state index in [0.717, 1.165) is 16.8 Å². The molecule has 2 aromatic carbocycles. The quantitative estimate of drug-likeness (QED) is 0.384. The molecule has 0 atom stereocenters. The van der Waals surface area contributed by atoms with Gasteiger partial charge in [-0.05, 0) is 43.3 Å². The van der Waals surface area contributed by atoms with E-state index < -0.39 is 10.0 Å². The zero-order chi connectivity index (χ0) is 21.0. The van der Waals surface area contributed by atoms with Gasteiger partial charge in [0.15, 0.2) is 0 Å². The third kappa shape index (κ3) is 4.28. The maximum absolute atomic E-state index is 12.5. The van der Waals surface area contributed by atoms with Crippen LogP contribution in [0.4, 0.5) is 0 Å². The highest BCUT2D eigenvalue weighted by molar-refractivity contribution is 7.89. The van der Waals surface area contributed by atoms with E-state index in [-0.39, 0.29) is 4.90 Å². The largest absolute Gasteiger partial charge is 0.276 e. The molecule has 0 aliphatic carbocycles. The van der Waals surface area contributed by atoms with Crippen molar-refractivity contribution in [1.82, 2.24) is 19.6 Å². The molecular weight excluding hydrogens is 398 g/mol. The molecule has 0 aliphatic rings. The summed E-state index contributed by atoms with van der Waals surface area (Å²) in [4.78, 5) is 6.56. The van der Waals surface area contributed by atoms with Gasteiger partial charge < -0.3 is 0 Å². The molecule has 0 amide bonds. The minimum absolute atomic E-state index is 0.151. The lowest BCUT2D eigenvalue weighted by atomic mass is 10.1. The third-order valence-corrected chi connectivity index (χ3v) is 5.64. The minimum Gasteiger partial charge on any atom is -0.264 e. The first kappa shape index (κ1) is 19.5. The van der Waals surface area contributed by atoms with Crippen LogP contribution in [0.15, 0.2) is 95.3 Å². The molecule has 4 rings (SSSR count). The lowest BCUT2D eigenvalue weighted by Crippen LogP contribution is -2.18. The van der Waals surface area contributed by atoms with Crippen molar-refractivity contribution in [2.75, 3.05) is 0 Å². The Kier molecular flexibility index (Phi) is 5.40. The van der Waals surface area contributed by atoms with Gasteiger partial charge in [-0.15, -0.1) is 0 Å². The summed E-state index contributed by atoms with van der Waals surface area (Å²) < 4.78 is 26.6. The van der Waals surface area contributed by atoms with Gasteiger partial charge in [0.05, 0.1) is 16.8 Å². The average molecular weight is 417 g/mol. The highest BCUT2D eigenvalue weighted by atomic mass is 32.2. The van der Waals surface area contributed by atoms with Crippen molar-refractivity contribution in [3.8, 4) is 16.9 Å². The molecule has 0 spiro atoms. The highest BCUT2D eigenvalue weighted by Gasteiger charge is 2.14. The maximum Gasteiger partial charge on any atom is 0.276 e. The molecule has 0 bridgehead atoms. The third-order valence-electron chi connectivity index (χ3n) is 4.41. The van der Waals surface area contributed by atoms with Crippen LogP contribution in [0.2, 0.25) is 0 Å². The van der Waals surface area contributed by atoms with Crippen LogP contribution in [-0.2, 0) is 10.0 Å². The molecule has 30 heavy (non-hydrogen) atoms. The first-order valence-corrected chi connectivity index (χ1v) is 10.7. The van der Waals surface area contributed by atoms with Gasteiger partial charge >= 0.3 is 0 Å². The summed E-state index contributed by atoms with van der Waals surface area (Å²) in [6.07, 6.45) is 6.62. The van der Waals surface area contributed by atoms with Crippen LogP contribution in [0, 0.1) is 6.92 Å². The molecule has 0 saturated heterocycles. The van der Waals surface area contributed by atoms with E-state index in [4.69, 9.17) is 0 Å². The van der Waals surface area contributed by atoms with Crippen molar-refractivity contribution in [1.29, 1.82) is 0 Å². The van der Waals surface area contributed by atoms with Crippen LogP contribution in [0.5, 0.6) is 0 Å². The maximum atomic E-state index is 12.5. The number of hydrogen-bond acceptors (Lipinski definition) is 5. The molecule has 1 N–H and O–H groups in total. The number of benzene rings is 2. The zero-order valence-electron chi connectivity index (χ0n) is 16.2. The molecule has 8 heteroatoms. The molecule has 7 nitrogen and oxygen atoms in total. The molecule has 0 unspecified atom stereocenters. The van der Waals surface area contributed by atoms with Gasteiger partial charge in [-0.25, -0.2) is 9.51 Å². The number of hydrazone groups is 1. The molecule has 4 aromatic rings. The molecule has 0 aliphatic heterocycles. The van der Waals surface area contributed by atoms with E-state index in [1.165, 1.54) is 6.21 Å². The summed E-state index contributed by atoms with van der Waals surface area (Å²) >= 11 is 0. The van der Waals surface area contributed by atoms with Crippen molar-refractivity contribution in [2.24, 2.45) is 5.10 Å². The Morgan fingerprint density at radius 2 is 1.77 bits per heavy atom. The van der Waals surface area contributed by atoms with E-state index in [9.17, 15) is 8.42 Å². The Morgan fingerprint density at radius 3 is 2.47 bits per heavy atom. The standard InChI is InChI=1S/C22H19N5O2S/c1-17-9-11-21(12-10-17)30(28,29)26-24-15-19-16-27(20-7-3-2-4-8-20)25-22(19)18-6-5-13-23-14-18/h2-16,26H,1H3/b24-15-. The van der Waals surface area contributed by atoms with Gasteiger partial charge in [0.2, 0.25) is 0 Å². The van der Waals surface area contributed by atoms with Crippen LogP contribution < -0.4 is 4.83 Å². The fraction of sp³-hybridized carbons (Fsp3) is 0.0455. The van der Waals surface area contributed by atoms with Crippen molar-refractivity contribution in [2.45, 2.75) is 11.8 Å². The summed E-state index contributed by atoms with van der Waals surface area (Å²) in [5.41, 5.74) is 3.95. The predicted octanol–water partition coefficient (Wildman–Crippen LogP) is 3.56. The molecule has 2 heterocycles. The van der Waals surface area contributed by atoms with Crippen LogP contribution in [0.3, 0.4) is 0 Å². The van der Waals surface area contributed by atoms with Crippen molar-refractivity contribution >= 4 is 16.2 Å². The Bertz CT molecular complexity index is 1270. The van der Waals surface area contributed by atoms with Crippen molar-refractivity contribution in [3.63, 3.8) is 0 Å². The first-order chi connectivity index (χ1) is 14.5. The smallest absolute Gasteiger partial charge is 0.264 e. The molecule has 0 fully saturated rings. The Balaban J connectivity index is 1.66. The van der Waals surface area contributed by atoms with E-state index in [0.29, 0.717) is 11.3 Å². The van der Waals surface area contributed by atoms with Gasteiger partial charge in [-0.1, -0.05) is 35.9 Å². The fourth-order valence-corrected chi connectivity index (χ4v) is 3.65. The number of nitrogens with one attached hydrogen (secondary N) is 1. The topological polar surface area (TPSA) is 89.2 Å². The van der Waals surface area contributed by atoms with E-state index in [1.54, 1.807) is 47.5 Å². The van der Waals surface area contributed by atoms with Crippen LogP contribution in [0.1, 0.15) is 11.1 Å². The minimum atomic E-state index is -3.76. The summed E-state index contributed by atoms with van der Waals surface area (Å²) in [7, 11) is -3.76. The number of pyridine rings is 1. The number of aryl methyl sites for hydroxylation is 1. The van der Waals surface area contributed by atoms with Crippen molar-refractivity contribution < 1.29 is 8.42 Å². The second-order valence-corrected chi connectivity index (χ2v) is 8.28. The number of para-hydroxylation sites is 1. The van der Waals surface area contributed by atoms with Gasteiger partial charge in [-0.2, -0.15) is 18.6 Å². The van der Waals surface area contributed by atoms with Crippen molar-refractivity contribution in [3.05, 3.63) is 96.4 Å².